The highest BCUT2D eigenvalue weighted by molar-refractivity contribution is 5.65. The van der Waals surface area contributed by atoms with Crippen LogP contribution in [0, 0.1) is 0 Å². The summed E-state index contributed by atoms with van der Waals surface area (Å²) in [4.78, 5) is 11.9. The smallest absolute Gasteiger partial charge is 0.226 e. The van der Waals surface area contributed by atoms with Crippen LogP contribution in [-0.2, 0) is 12.8 Å². The molecular formula is C14H17N5. The van der Waals surface area contributed by atoms with Crippen LogP contribution in [0.4, 0.5) is 5.95 Å². The molecule has 2 aromatic rings. The third-order valence-electron chi connectivity index (χ3n) is 4.27. The lowest BCUT2D eigenvalue weighted by Crippen LogP contribution is -2.46. The Morgan fingerprint density at radius 2 is 2.26 bits per heavy atom. The van der Waals surface area contributed by atoms with Crippen molar-refractivity contribution in [3.8, 4) is 11.3 Å². The second-order valence-corrected chi connectivity index (χ2v) is 5.47. The molecule has 0 saturated carbocycles. The summed E-state index contributed by atoms with van der Waals surface area (Å²) in [6.45, 7) is 3.31. The van der Waals surface area contributed by atoms with Gasteiger partial charge in [0.1, 0.15) is 0 Å². The lowest BCUT2D eigenvalue weighted by molar-refractivity contribution is 0.470. The van der Waals surface area contributed by atoms with Crippen molar-refractivity contribution >= 4 is 5.95 Å². The van der Waals surface area contributed by atoms with Gasteiger partial charge in [0.25, 0.3) is 0 Å². The summed E-state index contributed by atoms with van der Waals surface area (Å²) in [5.74, 6) is 0.899. The Morgan fingerprint density at radius 1 is 1.32 bits per heavy atom. The Hall–Kier alpha value is -1.91. The number of nitrogens with one attached hydrogen (secondary N) is 1. The zero-order valence-electron chi connectivity index (χ0n) is 11.1. The molecule has 4 rings (SSSR count). The monoisotopic (exact) mass is 255 g/mol. The minimum Gasteiger partial charge on any atom is -0.338 e. The first-order valence-electron chi connectivity index (χ1n) is 6.98. The number of aryl methyl sites for hydroxylation is 1. The van der Waals surface area contributed by atoms with Crippen molar-refractivity contribution in [3.05, 3.63) is 23.7 Å². The minimum absolute atomic E-state index is 0.566. The molecule has 0 spiro atoms. The Morgan fingerprint density at radius 3 is 2.95 bits per heavy atom. The molecule has 1 fully saturated rings. The van der Waals surface area contributed by atoms with E-state index in [0.29, 0.717) is 6.04 Å². The molecule has 98 valence electrons. The summed E-state index contributed by atoms with van der Waals surface area (Å²) in [5.41, 5.74) is 4.71. The first kappa shape index (κ1) is 11.0. The van der Waals surface area contributed by atoms with E-state index in [4.69, 9.17) is 9.97 Å². The number of fused-ring (bicyclic) bond motifs is 1. The Balaban J connectivity index is 1.85. The Bertz CT molecular complexity index is 605. The number of hydrogen-bond acceptors (Lipinski definition) is 4. The number of rotatable bonds is 2. The van der Waals surface area contributed by atoms with E-state index in [0.717, 1.165) is 36.6 Å². The average Bonchev–Trinajstić information content (AvgIpc) is 3.06. The van der Waals surface area contributed by atoms with Crippen molar-refractivity contribution in [2.45, 2.75) is 38.6 Å². The van der Waals surface area contributed by atoms with E-state index in [-0.39, 0.29) is 0 Å². The maximum atomic E-state index is 4.81. The highest BCUT2D eigenvalue weighted by atomic mass is 15.3. The molecule has 0 amide bonds. The molecule has 2 aromatic heterocycles. The van der Waals surface area contributed by atoms with Crippen LogP contribution >= 0.6 is 0 Å². The van der Waals surface area contributed by atoms with Gasteiger partial charge in [-0.25, -0.2) is 9.97 Å². The van der Waals surface area contributed by atoms with Gasteiger partial charge in [-0.3, -0.25) is 5.10 Å². The van der Waals surface area contributed by atoms with Crippen molar-refractivity contribution in [1.29, 1.82) is 0 Å². The lowest BCUT2D eigenvalue weighted by Gasteiger charge is -2.39. The third kappa shape index (κ3) is 1.64. The first-order chi connectivity index (χ1) is 9.33. The molecule has 0 aromatic carbocycles. The zero-order chi connectivity index (χ0) is 12.8. The standard InChI is InChI=1S/C14H17N5/c1-9-5-6-19(9)14-17-12-4-2-3-11(12)13(18-14)10-7-15-16-8-10/h7-9H,2-6H2,1H3,(H,15,16)/t9-/m0/s1. The van der Waals surface area contributed by atoms with Crippen molar-refractivity contribution in [1.82, 2.24) is 20.2 Å². The predicted molar refractivity (Wildman–Crippen MR) is 73.1 cm³/mol. The second kappa shape index (κ2) is 4.05. The highest BCUT2D eigenvalue weighted by Crippen LogP contribution is 2.33. The van der Waals surface area contributed by atoms with E-state index in [1.807, 2.05) is 12.4 Å². The maximum absolute atomic E-state index is 4.81. The maximum Gasteiger partial charge on any atom is 0.226 e. The topological polar surface area (TPSA) is 57.7 Å². The van der Waals surface area contributed by atoms with E-state index < -0.39 is 0 Å². The summed E-state index contributed by atoms with van der Waals surface area (Å²) < 4.78 is 0. The summed E-state index contributed by atoms with van der Waals surface area (Å²) in [6.07, 6.45) is 8.37. The SMILES string of the molecule is C[C@H]1CCN1c1nc2c(c(-c3cn[nH]c3)n1)CCC2. The Labute approximate surface area is 112 Å². The van der Waals surface area contributed by atoms with Gasteiger partial charge in [0.2, 0.25) is 5.95 Å². The molecule has 1 atom stereocenters. The number of anilines is 1. The van der Waals surface area contributed by atoms with Gasteiger partial charge in [0, 0.05) is 35.6 Å². The van der Waals surface area contributed by atoms with Crippen molar-refractivity contribution in [2.75, 3.05) is 11.4 Å². The second-order valence-electron chi connectivity index (χ2n) is 5.47. The zero-order valence-corrected chi connectivity index (χ0v) is 11.1. The van der Waals surface area contributed by atoms with Crippen LogP contribution in [0.5, 0.6) is 0 Å². The van der Waals surface area contributed by atoms with E-state index in [1.165, 1.54) is 24.1 Å². The third-order valence-corrected chi connectivity index (χ3v) is 4.27. The molecule has 0 radical (unpaired) electrons. The van der Waals surface area contributed by atoms with Crippen LogP contribution in [0.1, 0.15) is 31.0 Å². The number of hydrogen-bond donors (Lipinski definition) is 1. The van der Waals surface area contributed by atoms with Gasteiger partial charge in [0.05, 0.1) is 11.9 Å². The van der Waals surface area contributed by atoms with Gasteiger partial charge >= 0.3 is 0 Å². The van der Waals surface area contributed by atoms with Gasteiger partial charge in [-0.15, -0.1) is 0 Å². The van der Waals surface area contributed by atoms with E-state index >= 15 is 0 Å². The molecule has 1 saturated heterocycles. The minimum atomic E-state index is 0.566. The molecule has 1 N–H and O–H groups in total. The fourth-order valence-corrected chi connectivity index (χ4v) is 2.98. The van der Waals surface area contributed by atoms with Gasteiger partial charge in [-0.2, -0.15) is 5.10 Å². The quantitative estimate of drug-likeness (QED) is 0.891. The number of nitrogens with zero attached hydrogens (tertiary/aromatic N) is 4. The average molecular weight is 255 g/mol. The molecule has 3 heterocycles. The van der Waals surface area contributed by atoms with Crippen LogP contribution in [0.2, 0.25) is 0 Å². The van der Waals surface area contributed by atoms with Crippen molar-refractivity contribution < 1.29 is 0 Å². The normalized spacial score (nSPS) is 21.3. The van der Waals surface area contributed by atoms with E-state index in [2.05, 4.69) is 22.0 Å². The fourth-order valence-electron chi connectivity index (χ4n) is 2.98. The van der Waals surface area contributed by atoms with E-state index in [1.54, 1.807) is 0 Å². The van der Waals surface area contributed by atoms with Crippen LogP contribution in [0.3, 0.4) is 0 Å². The Kier molecular flexibility index (Phi) is 2.33. The van der Waals surface area contributed by atoms with Crippen LogP contribution in [0.25, 0.3) is 11.3 Å². The lowest BCUT2D eigenvalue weighted by atomic mass is 10.1. The molecule has 0 unspecified atom stereocenters. The molecule has 19 heavy (non-hydrogen) atoms. The molecule has 0 bridgehead atoms. The molecule has 1 aliphatic carbocycles. The number of aromatic amines is 1. The predicted octanol–water partition coefficient (Wildman–Crippen LogP) is 1.95. The van der Waals surface area contributed by atoms with Crippen molar-refractivity contribution in [2.24, 2.45) is 0 Å². The molecule has 5 nitrogen and oxygen atoms in total. The first-order valence-corrected chi connectivity index (χ1v) is 6.98. The summed E-state index contributed by atoms with van der Waals surface area (Å²) >= 11 is 0. The van der Waals surface area contributed by atoms with Crippen LogP contribution in [-0.4, -0.2) is 32.8 Å². The summed E-state index contributed by atoms with van der Waals surface area (Å²) in [5, 5.41) is 6.93. The number of aromatic nitrogens is 4. The largest absolute Gasteiger partial charge is 0.338 e. The molecule has 5 heteroatoms. The van der Waals surface area contributed by atoms with Gasteiger partial charge in [-0.05, 0) is 32.6 Å². The van der Waals surface area contributed by atoms with Gasteiger partial charge in [0.15, 0.2) is 0 Å². The van der Waals surface area contributed by atoms with Crippen LogP contribution in [0.15, 0.2) is 12.4 Å². The van der Waals surface area contributed by atoms with Gasteiger partial charge in [-0.1, -0.05) is 0 Å². The fraction of sp³-hybridized carbons (Fsp3) is 0.500. The van der Waals surface area contributed by atoms with Crippen molar-refractivity contribution in [3.63, 3.8) is 0 Å². The molecule has 1 aliphatic heterocycles. The van der Waals surface area contributed by atoms with Crippen LogP contribution < -0.4 is 4.90 Å². The van der Waals surface area contributed by atoms with E-state index in [9.17, 15) is 0 Å². The van der Waals surface area contributed by atoms with Gasteiger partial charge < -0.3 is 4.90 Å². The highest BCUT2D eigenvalue weighted by Gasteiger charge is 2.29. The molecule has 2 aliphatic rings. The summed E-state index contributed by atoms with van der Waals surface area (Å²) in [7, 11) is 0. The summed E-state index contributed by atoms with van der Waals surface area (Å²) in [6, 6.07) is 0.566. The number of H-pyrrole nitrogens is 1. The molecular weight excluding hydrogens is 238 g/mol.